The van der Waals surface area contributed by atoms with Gasteiger partial charge in [-0.1, -0.05) is 13.0 Å². The van der Waals surface area contributed by atoms with Gasteiger partial charge in [-0.15, -0.1) is 0 Å². The average Bonchev–Trinajstić information content (AvgIpc) is 2.49. The van der Waals surface area contributed by atoms with Crippen molar-refractivity contribution in [3.8, 4) is 0 Å². The van der Waals surface area contributed by atoms with E-state index >= 15 is 0 Å². The Balaban J connectivity index is 4.26. The van der Waals surface area contributed by atoms with E-state index in [1.165, 1.54) is 0 Å². The highest BCUT2D eigenvalue weighted by atomic mass is 32.2. The molecular weight excluding hydrogens is 409 g/mol. The van der Waals surface area contributed by atoms with Crippen molar-refractivity contribution in [3.63, 3.8) is 0 Å². The van der Waals surface area contributed by atoms with Crippen molar-refractivity contribution in [2.24, 2.45) is 0 Å². The van der Waals surface area contributed by atoms with Crippen molar-refractivity contribution in [2.75, 3.05) is 0 Å². The molecule has 0 spiro atoms. The van der Waals surface area contributed by atoms with Crippen molar-refractivity contribution in [2.45, 2.75) is 55.4 Å². The quantitative estimate of drug-likeness (QED) is 0.711. The van der Waals surface area contributed by atoms with Gasteiger partial charge in [-0.25, -0.2) is 17.6 Å². The lowest BCUT2D eigenvalue weighted by Crippen LogP contribution is -2.51. The minimum Gasteiger partial charge on any atom is -0.478 e. The van der Waals surface area contributed by atoms with Crippen LogP contribution in [-0.4, -0.2) is 37.1 Å². The largest absolute Gasteiger partial charge is 0.478 e. The maximum Gasteiger partial charge on any atom is 0.435 e. The smallest absolute Gasteiger partial charge is 0.435 e. The van der Waals surface area contributed by atoms with E-state index in [9.17, 15) is 43.9 Å². The standard InChI is InChI=1S/C15H15F7O4S/c1-4-8-9(12(23)24)5-6-10(11(8)27(25,26)7(2)3)13(16,14(17,18)19)15(20,21)22/h5-7H,4H2,1-3H3,(H,23,24). The number of aromatic carboxylic acids is 1. The molecule has 0 saturated heterocycles. The Labute approximate surface area is 149 Å². The second kappa shape index (κ2) is 6.95. The first-order valence-electron chi connectivity index (χ1n) is 7.40. The van der Waals surface area contributed by atoms with E-state index in [-0.39, 0.29) is 6.07 Å². The first-order chi connectivity index (χ1) is 11.9. The molecule has 0 fully saturated rings. The summed E-state index contributed by atoms with van der Waals surface area (Å²) in [6, 6.07) is 0.251. The van der Waals surface area contributed by atoms with Crippen molar-refractivity contribution in [1.29, 1.82) is 0 Å². The van der Waals surface area contributed by atoms with Gasteiger partial charge in [-0.2, -0.15) is 26.3 Å². The van der Waals surface area contributed by atoms with Crippen LogP contribution in [0.2, 0.25) is 0 Å². The average molecular weight is 424 g/mol. The molecule has 0 aromatic heterocycles. The van der Waals surface area contributed by atoms with Gasteiger partial charge in [0.05, 0.1) is 15.7 Å². The minimum atomic E-state index is -6.54. The summed E-state index contributed by atoms with van der Waals surface area (Å²) in [5.74, 6) is -1.78. The number of halogens is 7. The van der Waals surface area contributed by atoms with Gasteiger partial charge in [0.1, 0.15) is 0 Å². The second-order valence-electron chi connectivity index (χ2n) is 5.87. The van der Waals surface area contributed by atoms with E-state index in [4.69, 9.17) is 5.11 Å². The Morgan fingerprint density at radius 2 is 1.48 bits per heavy atom. The molecule has 0 atom stereocenters. The predicted molar refractivity (Wildman–Crippen MR) is 80.0 cm³/mol. The normalized spacial score (nSPS) is 13.9. The van der Waals surface area contributed by atoms with Gasteiger partial charge >= 0.3 is 24.0 Å². The molecule has 0 radical (unpaired) electrons. The van der Waals surface area contributed by atoms with Crippen molar-refractivity contribution >= 4 is 15.8 Å². The fourth-order valence-corrected chi connectivity index (χ4v) is 4.06. The molecule has 0 aliphatic heterocycles. The summed E-state index contributed by atoms with van der Waals surface area (Å²) in [4.78, 5) is 9.65. The molecule has 0 bridgehead atoms. The molecule has 27 heavy (non-hydrogen) atoms. The van der Waals surface area contributed by atoms with Gasteiger partial charge in [0.2, 0.25) is 0 Å². The molecule has 0 heterocycles. The van der Waals surface area contributed by atoms with Gasteiger partial charge < -0.3 is 5.11 Å². The summed E-state index contributed by atoms with van der Waals surface area (Å²) < 4.78 is 118. The summed E-state index contributed by atoms with van der Waals surface area (Å²) in [7, 11) is -4.91. The SMILES string of the molecule is CCc1c(C(=O)O)ccc(C(F)(C(F)(F)F)C(F)(F)F)c1S(=O)(=O)C(C)C. The number of rotatable bonds is 5. The van der Waals surface area contributed by atoms with Crippen LogP contribution in [0, 0.1) is 0 Å². The molecule has 1 aromatic rings. The highest BCUT2D eigenvalue weighted by Crippen LogP contribution is 2.55. The fraction of sp³-hybridized carbons (Fsp3) is 0.533. The topological polar surface area (TPSA) is 71.4 Å². The van der Waals surface area contributed by atoms with Crippen LogP contribution in [-0.2, 0) is 21.9 Å². The summed E-state index contributed by atoms with van der Waals surface area (Å²) in [6.45, 7) is 3.06. The van der Waals surface area contributed by atoms with Crippen LogP contribution >= 0.6 is 0 Å². The number of sulfone groups is 1. The van der Waals surface area contributed by atoms with Crippen molar-refractivity contribution in [1.82, 2.24) is 0 Å². The summed E-state index contributed by atoms with van der Waals surface area (Å²) >= 11 is 0. The lowest BCUT2D eigenvalue weighted by Gasteiger charge is -2.33. The maximum atomic E-state index is 14.6. The summed E-state index contributed by atoms with van der Waals surface area (Å²) in [5.41, 5.74) is -9.85. The van der Waals surface area contributed by atoms with Crippen LogP contribution in [0.4, 0.5) is 30.7 Å². The first kappa shape index (κ1) is 23.2. The Morgan fingerprint density at radius 1 is 1.04 bits per heavy atom. The Morgan fingerprint density at radius 3 is 1.78 bits per heavy atom. The van der Waals surface area contributed by atoms with Crippen LogP contribution in [0.15, 0.2) is 17.0 Å². The van der Waals surface area contributed by atoms with Crippen LogP contribution in [0.25, 0.3) is 0 Å². The molecule has 1 rings (SSSR count). The van der Waals surface area contributed by atoms with Crippen molar-refractivity contribution < 1.29 is 49.1 Å². The molecule has 0 unspecified atom stereocenters. The number of alkyl halides is 7. The Hall–Kier alpha value is -1.85. The van der Waals surface area contributed by atoms with Gasteiger partial charge in [0, 0.05) is 5.56 Å². The van der Waals surface area contributed by atoms with Gasteiger partial charge in [0.25, 0.3) is 0 Å². The molecular formula is C15H15F7O4S. The Bertz CT molecular complexity index is 825. The third-order valence-electron chi connectivity index (χ3n) is 3.90. The summed E-state index contributed by atoms with van der Waals surface area (Å²) in [6.07, 6.45) is -13.6. The number of carboxylic acid groups (broad SMARTS) is 1. The molecule has 0 saturated carbocycles. The van der Waals surface area contributed by atoms with Crippen LogP contribution < -0.4 is 0 Å². The molecule has 12 heteroatoms. The van der Waals surface area contributed by atoms with Crippen LogP contribution in [0.5, 0.6) is 0 Å². The molecule has 0 aliphatic carbocycles. The third-order valence-corrected chi connectivity index (χ3v) is 6.18. The monoisotopic (exact) mass is 424 g/mol. The number of carbonyl (C=O) groups is 1. The third kappa shape index (κ3) is 3.63. The molecule has 154 valence electrons. The zero-order valence-corrected chi connectivity index (χ0v) is 15.0. The zero-order chi connectivity index (χ0) is 21.6. The first-order valence-corrected chi connectivity index (χ1v) is 8.95. The van der Waals surface area contributed by atoms with Gasteiger partial charge in [0.15, 0.2) is 9.84 Å². The lowest BCUT2D eigenvalue weighted by molar-refractivity contribution is -0.349. The predicted octanol–water partition coefficient (Wildman–Crippen LogP) is 4.42. The van der Waals surface area contributed by atoms with Gasteiger partial charge in [-0.3, -0.25) is 0 Å². The Kier molecular flexibility index (Phi) is 5.97. The molecule has 0 aliphatic rings. The second-order valence-corrected chi connectivity index (χ2v) is 8.32. The number of benzene rings is 1. The lowest BCUT2D eigenvalue weighted by atomic mass is 9.90. The van der Waals surface area contributed by atoms with Crippen LogP contribution in [0.1, 0.15) is 42.3 Å². The molecule has 1 N–H and O–H groups in total. The highest BCUT2D eigenvalue weighted by Gasteiger charge is 2.74. The van der Waals surface area contributed by atoms with E-state index < -0.39 is 67.1 Å². The van der Waals surface area contributed by atoms with Crippen LogP contribution in [0.3, 0.4) is 0 Å². The van der Waals surface area contributed by atoms with Crippen molar-refractivity contribution in [3.05, 3.63) is 28.8 Å². The number of hydrogen-bond acceptors (Lipinski definition) is 3. The molecule has 1 aromatic carbocycles. The number of hydrogen-bond donors (Lipinski definition) is 1. The number of carboxylic acids is 1. The van der Waals surface area contributed by atoms with E-state index in [1.807, 2.05) is 0 Å². The van der Waals surface area contributed by atoms with E-state index in [0.29, 0.717) is 6.07 Å². The highest BCUT2D eigenvalue weighted by molar-refractivity contribution is 7.92. The molecule has 0 amide bonds. The minimum absolute atomic E-state index is 0.0845. The maximum absolute atomic E-state index is 14.6. The zero-order valence-electron chi connectivity index (χ0n) is 14.2. The summed E-state index contributed by atoms with van der Waals surface area (Å²) in [5, 5.41) is 7.57. The molecule has 4 nitrogen and oxygen atoms in total. The van der Waals surface area contributed by atoms with E-state index in [1.54, 1.807) is 0 Å². The van der Waals surface area contributed by atoms with E-state index in [0.717, 1.165) is 20.8 Å². The van der Waals surface area contributed by atoms with Gasteiger partial charge in [-0.05, 0) is 31.9 Å². The fourth-order valence-electron chi connectivity index (χ4n) is 2.48. The van der Waals surface area contributed by atoms with E-state index in [2.05, 4.69) is 0 Å².